The van der Waals surface area contributed by atoms with E-state index < -0.39 is 0 Å². The zero-order valence-corrected chi connectivity index (χ0v) is 18.3. The lowest BCUT2D eigenvalue weighted by molar-refractivity contribution is -0.112. The van der Waals surface area contributed by atoms with E-state index in [1.54, 1.807) is 20.1 Å². The van der Waals surface area contributed by atoms with E-state index in [1.165, 1.54) is 22.4 Å². The van der Waals surface area contributed by atoms with Gasteiger partial charge in [-0.3, -0.25) is 9.80 Å². The number of carbonyl (C=O) groups excluding carboxylic acids is 1. The minimum Gasteiger partial charge on any atom is -0.497 e. The van der Waals surface area contributed by atoms with E-state index >= 15 is 0 Å². The maximum atomic E-state index is 11.8. The number of rotatable bonds is 5. The third-order valence-corrected chi connectivity index (χ3v) is 6.05. The summed E-state index contributed by atoms with van der Waals surface area (Å²) < 4.78 is 5.47. The number of fused-ring (bicyclic) bond motifs is 3. The van der Waals surface area contributed by atoms with Crippen LogP contribution >= 0.6 is 0 Å². The number of hydrogen-bond donors (Lipinski definition) is 0. The number of nitrogens with zero attached hydrogens (tertiary/aromatic N) is 3. The first-order valence-electron chi connectivity index (χ1n) is 10.4. The fourth-order valence-electron chi connectivity index (χ4n) is 4.57. The number of anilines is 1. The van der Waals surface area contributed by atoms with Crippen LogP contribution in [-0.2, 0) is 11.2 Å². The summed E-state index contributed by atoms with van der Waals surface area (Å²) >= 11 is 0. The van der Waals surface area contributed by atoms with E-state index in [1.807, 2.05) is 32.1 Å². The summed E-state index contributed by atoms with van der Waals surface area (Å²) in [4.78, 5) is 13.9. The second-order valence-electron chi connectivity index (χ2n) is 8.33. The summed E-state index contributed by atoms with van der Waals surface area (Å²) in [5, 5.41) is 7.10. The second kappa shape index (κ2) is 7.98. The van der Waals surface area contributed by atoms with E-state index in [-0.39, 0.29) is 17.7 Å². The van der Waals surface area contributed by atoms with Gasteiger partial charge in [0, 0.05) is 43.0 Å². The third kappa shape index (κ3) is 3.60. The molecule has 30 heavy (non-hydrogen) atoms. The first-order chi connectivity index (χ1) is 14.4. The summed E-state index contributed by atoms with van der Waals surface area (Å²) in [5.41, 5.74) is 6.82. The van der Waals surface area contributed by atoms with Crippen molar-refractivity contribution in [2.24, 2.45) is 11.0 Å². The molecule has 1 aliphatic carbocycles. The van der Waals surface area contributed by atoms with Gasteiger partial charge in [0.2, 0.25) is 0 Å². The van der Waals surface area contributed by atoms with Gasteiger partial charge in [0.25, 0.3) is 0 Å². The van der Waals surface area contributed by atoms with Crippen LogP contribution in [-0.4, -0.2) is 37.7 Å². The maximum Gasteiger partial charge on any atom is 0.154 e. The topological polar surface area (TPSA) is 45.1 Å². The molecule has 5 nitrogen and oxygen atoms in total. The molecule has 0 radical (unpaired) electrons. The van der Waals surface area contributed by atoms with Crippen LogP contribution in [0.3, 0.4) is 0 Å². The number of ether oxygens (including phenoxy) is 1. The van der Waals surface area contributed by atoms with E-state index in [0.717, 1.165) is 30.0 Å². The van der Waals surface area contributed by atoms with Crippen LogP contribution < -0.4 is 9.64 Å². The molecule has 2 aliphatic rings. The van der Waals surface area contributed by atoms with Gasteiger partial charge in [-0.1, -0.05) is 18.2 Å². The van der Waals surface area contributed by atoms with Crippen LogP contribution in [0.5, 0.6) is 5.75 Å². The van der Waals surface area contributed by atoms with E-state index in [9.17, 15) is 4.79 Å². The quantitative estimate of drug-likeness (QED) is 0.686. The van der Waals surface area contributed by atoms with E-state index in [2.05, 4.69) is 41.3 Å². The second-order valence-corrected chi connectivity index (χ2v) is 8.33. The molecule has 0 saturated heterocycles. The standard InChI is InChI=1S/C25H29N3O2/c1-16(14-17(2)29)28-25(19-6-10-20(11-7-19)27(3)4)22-13-9-18-8-12-21(30-5)15-23(18)24(22)26-28/h6-8,10-12,14-15,22,25H,9,13H2,1-5H3/t22-,25+/m1/s1. The molecule has 1 heterocycles. The Bertz CT molecular complexity index is 1020. The first-order valence-corrected chi connectivity index (χ1v) is 10.4. The molecular formula is C25H29N3O2. The van der Waals surface area contributed by atoms with Crippen molar-refractivity contribution >= 4 is 17.2 Å². The van der Waals surface area contributed by atoms with Gasteiger partial charge in [0.15, 0.2) is 5.78 Å². The van der Waals surface area contributed by atoms with Crippen molar-refractivity contribution in [3.63, 3.8) is 0 Å². The van der Waals surface area contributed by atoms with Crippen molar-refractivity contribution in [2.45, 2.75) is 32.7 Å². The Morgan fingerprint density at radius 1 is 1.17 bits per heavy atom. The molecule has 0 amide bonds. The minimum atomic E-state index is 0.0337. The highest BCUT2D eigenvalue weighted by molar-refractivity contribution is 6.06. The molecule has 0 spiro atoms. The molecule has 0 saturated carbocycles. The van der Waals surface area contributed by atoms with Crippen LogP contribution in [0.4, 0.5) is 5.69 Å². The normalized spacial score (nSPS) is 20.4. The highest BCUT2D eigenvalue weighted by Crippen LogP contribution is 2.45. The minimum absolute atomic E-state index is 0.0337. The highest BCUT2D eigenvalue weighted by Gasteiger charge is 2.42. The van der Waals surface area contributed by atoms with Crippen LogP contribution in [0.2, 0.25) is 0 Å². The molecule has 2 aromatic carbocycles. The molecule has 4 rings (SSSR count). The molecule has 2 aromatic rings. The lowest BCUT2D eigenvalue weighted by Gasteiger charge is -2.31. The van der Waals surface area contributed by atoms with Gasteiger partial charge in [-0.25, -0.2) is 0 Å². The van der Waals surface area contributed by atoms with Gasteiger partial charge in [0.1, 0.15) is 5.75 Å². The Morgan fingerprint density at radius 2 is 1.90 bits per heavy atom. The summed E-state index contributed by atoms with van der Waals surface area (Å²) in [5.74, 6) is 1.15. The van der Waals surface area contributed by atoms with Crippen LogP contribution in [0.1, 0.15) is 43.0 Å². The van der Waals surface area contributed by atoms with Crippen molar-refractivity contribution in [3.05, 3.63) is 70.9 Å². The monoisotopic (exact) mass is 403 g/mol. The smallest absolute Gasteiger partial charge is 0.154 e. The Morgan fingerprint density at radius 3 is 2.53 bits per heavy atom. The largest absolute Gasteiger partial charge is 0.497 e. The number of methoxy groups -OCH3 is 1. The van der Waals surface area contributed by atoms with Crippen LogP contribution in [0.25, 0.3) is 0 Å². The number of allylic oxidation sites excluding steroid dienone is 2. The van der Waals surface area contributed by atoms with Gasteiger partial charge in [-0.05, 0) is 62.1 Å². The van der Waals surface area contributed by atoms with Gasteiger partial charge in [0.05, 0.1) is 18.9 Å². The number of carbonyl (C=O) groups is 1. The van der Waals surface area contributed by atoms with Gasteiger partial charge < -0.3 is 9.64 Å². The zero-order valence-electron chi connectivity index (χ0n) is 18.3. The lowest BCUT2D eigenvalue weighted by atomic mass is 9.77. The summed E-state index contributed by atoms with van der Waals surface area (Å²) in [7, 11) is 5.78. The lowest BCUT2D eigenvalue weighted by Crippen LogP contribution is -2.28. The number of aryl methyl sites for hydroxylation is 1. The highest BCUT2D eigenvalue weighted by atomic mass is 16.5. The van der Waals surface area contributed by atoms with E-state index in [4.69, 9.17) is 9.84 Å². The molecule has 0 bridgehead atoms. The molecule has 2 atom stereocenters. The number of benzene rings is 2. The SMILES string of the molecule is COc1ccc2c(c1)C1=NN(C(C)=CC(C)=O)[C@@H](c3ccc(N(C)C)cc3)[C@@H]1CC2. The summed E-state index contributed by atoms with van der Waals surface area (Å²) in [6, 6.07) is 15.0. The van der Waals surface area contributed by atoms with Crippen LogP contribution in [0.15, 0.2) is 59.3 Å². The predicted octanol–water partition coefficient (Wildman–Crippen LogP) is 4.58. The van der Waals surface area contributed by atoms with Crippen molar-refractivity contribution in [1.82, 2.24) is 5.01 Å². The Kier molecular flexibility index (Phi) is 5.37. The molecule has 5 heteroatoms. The van der Waals surface area contributed by atoms with Gasteiger partial charge in [-0.2, -0.15) is 5.10 Å². The Hall–Kier alpha value is -3.08. The van der Waals surface area contributed by atoms with Gasteiger partial charge in [-0.15, -0.1) is 0 Å². The summed E-state index contributed by atoms with van der Waals surface area (Å²) in [6.07, 6.45) is 3.72. The van der Waals surface area contributed by atoms with Crippen molar-refractivity contribution in [2.75, 3.05) is 26.1 Å². The first kappa shape index (κ1) is 20.2. The van der Waals surface area contributed by atoms with Gasteiger partial charge >= 0.3 is 0 Å². The van der Waals surface area contributed by atoms with Crippen molar-refractivity contribution < 1.29 is 9.53 Å². The Balaban J connectivity index is 1.80. The maximum absolute atomic E-state index is 11.8. The molecule has 0 N–H and O–H groups in total. The molecule has 0 unspecified atom stereocenters. The Labute approximate surface area is 178 Å². The molecular weight excluding hydrogens is 374 g/mol. The van der Waals surface area contributed by atoms with Crippen LogP contribution in [0, 0.1) is 5.92 Å². The predicted molar refractivity (Wildman–Crippen MR) is 121 cm³/mol. The molecule has 0 fully saturated rings. The average molecular weight is 404 g/mol. The number of hydrazone groups is 1. The van der Waals surface area contributed by atoms with Crippen molar-refractivity contribution in [3.8, 4) is 5.75 Å². The zero-order chi connectivity index (χ0) is 21.4. The fourth-order valence-corrected chi connectivity index (χ4v) is 4.57. The van der Waals surface area contributed by atoms with E-state index in [0.29, 0.717) is 0 Å². The average Bonchev–Trinajstić information content (AvgIpc) is 3.13. The van der Waals surface area contributed by atoms with Crippen molar-refractivity contribution in [1.29, 1.82) is 0 Å². The number of ketones is 1. The number of hydrogen-bond acceptors (Lipinski definition) is 5. The molecule has 0 aromatic heterocycles. The molecule has 1 aliphatic heterocycles. The third-order valence-electron chi connectivity index (χ3n) is 6.05. The fraction of sp³-hybridized carbons (Fsp3) is 0.360. The molecule has 156 valence electrons. The summed E-state index contributed by atoms with van der Waals surface area (Å²) in [6.45, 7) is 3.55.